The number of methoxy groups -OCH3 is 1. The van der Waals surface area contributed by atoms with Gasteiger partial charge in [-0.1, -0.05) is 11.3 Å². The molecule has 0 aliphatic rings. The van der Waals surface area contributed by atoms with Crippen LogP contribution in [-0.2, 0) is 10.9 Å². The maximum absolute atomic E-state index is 12.3. The zero-order valence-electron chi connectivity index (χ0n) is 7.91. The van der Waals surface area contributed by atoms with E-state index < -0.39 is 17.8 Å². The Morgan fingerprint density at radius 2 is 2.19 bits per heavy atom. The van der Waals surface area contributed by atoms with Gasteiger partial charge in [-0.15, -0.1) is 0 Å². The smallest absolute Gasteiger partial charge is 0.434 e. The van der Waals surface area contributed by atoms with Crippen LogP contribution in [0.4, 0.5) is 13.2 Å². The summed E-state index contributed by atoms with van der Waals surface area (Å²) in [4.78, 5) is 14.8. The van der Waals surface area contributed by atoms with Crippen molar-refractivity contribution in [1.29, 1.82) is 0 Å². The second-order valence-electron chi connectivity index (χ2n) is 2.90. The molecule has 0 spiro atoms. The van der Waals surface area contributed by atoms with Crippen molar-refractivity contribution in [2.75, 3.05) is 7.11 Å². The maximum Gasteiger partial charge on any atom is 0.434 e. The fourth-order valence-electron chi connectivity index (χ4n) is 1.13. The van der Waals surface area contributed by atoms with Crippen LogP contribution in [0.15, 0.2) is 12.4 Å². The van der Waals surface area contributed by atoms with Gasteiger partial charge in [-0.2, -0.15) is 13.2 Å². The highest BCUT2D eigenvalue weighted by molar-refractivity contribution is 7.18. The van der Waals surface area contributed by atoms with Gasteiger partial charge in [-0.3, -0.25) is 4.40 Å². The fraction of sp³-hybridized carbons (Fsp3) is 0.250. The van der Waals surface area contributed by atoms with Gasteiger partial charge < -0.3 is 4.74 Å². The third kappa shape index (κ3) is 1.75. The van der Waals surface area contributed by atoms with Gasteiger partial charge in [0.15, 0.2) is 10.7 Å². The molecule has 8 heteroatoms. The lowest BCUT2D eigenvalue weighted by atomic mass is 10.5. The second kappa shape index (κ2) is 3.48. The molecule has 0 saturated heterocycles. The van der Waals surface area contributed by atoms with E-state index in [0.717, 1.165) is 21.9 Å². The first kappa shape index (κ1) is 10.9. The van der Waals surface area contributed by atoms with Crippen molar-refractivity contribution in [3.8, 4) is 0 Å². The molecule has 0 bridgehead atoms. The summed E-state index contributed by atoms with van der Waals surface area (Å²) >= 11 is 0.844. The van der Waals surface area contributed by atoms with E-state index in [9.17, 15) is 18.0 Å². The first-order valence-electron chi connectivity index (χ1n) is 4.06. The quantitative estimate of drug-likeness (QED) is 0.729. The highest BCUT2D eigenvalue weighted by atomic mass is 32.1. The summed E-state index contributed by atoms with van der Waals surface area (Å²) in [6.07, 6.45) is -2.39. The number of alkyl halides is 3. The van der Waals surface area contributed by atoms with Gasteiger partial charge in [0.25, 0.3) is 0 Å². The van der Waals surface area contributed by atoms with Crippen molar-refractivity contribution in [2.24, 2.45) is 0 Å². The van der Waals surface area contributed by atoms with Crippen LogP contribution in [0.2, 0.25) is 0 Å². The number of esters is 1. The van der Waals surface area contributed by atoms with Crippen molar-refractivity contribution in [3.63, 3.8) is 0 Å². The van der Waals surface area contributed by atoms with E-state index in [1.807, 2.05) is 0 Å². The van der Waals surface area contributed by atoms with Gasteiger partial charge >= 0.3 is 12.1 Å². The molecule has 0 N–H and O–H groups in total. The van der Waals surface area contributed by atoms with Gasteiger partial charge in [0.2, 0.25) is 0 Å². The number of hydrogen-bond acceptors (Lipinski definition) is 4. The monoisotopic (exact) mass is 250 g/mol. The minimum absolute atomic E-state index is 0.104. The van der Waals surface area contributed by atoms with Crippen molar-refractivity contribution >= 4 is 22.3 Å². The average molecular weight is 250 g/mol. The van der Waals surface area contributed by atoms with Gasteiger partial charge in [0.1, 0.15) is 4.88 Å². The van der Waals surface area contributed by atoms with Crippen LogP contribution in [0.5, 0.6) is 0 Å². The molecule has 0 aliphatic carbocycles. The Balaban J connectivity index is 2.44. The largest absolute Gasteiger partial charge is 0.465 e. The van der Waals surface area contributed by atoms with E-state index in [1.165, 1.54) is 13.3 Å². The van der Waals surface area contributed by atoms with Gasteiger partial charge in [-0.05, 0) is 0 Å². The molecule has 2 rings (SSSR count). The molecule has 0 saturated carbocycles. The summed E-state index contributed by atoms with van der Waals surface area (Å²) in [5.41, 5.74) is -0.977. The number of nitrogens with zero attached hydrogens (tertiary/aromatic N) is 2. The number of halogens is 3. The van der Waals surface area contributed by atoms with E-state index >= 15 is 0 Å². The lowest BCUT2D eigenvalue weighted by Gasteiger charge is -1.99. The summed E-state index contributed by atoms with van der Waals surface area (Å²) in [6.45, 7) is 0. The van der Waals surface area contributed by atoms with Gasteiger partial charge in [0.05, 0.1) is 7.11 Å². The molecule has 0 unspecified atom stereocenters. The fourth-order valence-corrected chi connectivity index (χ4v) is 2.01. The Hall–Kier alpha value is -1.57. The standard InChI is InChI=1S/C8H5F3N2O2S/c1-15-6(14)4-2-13-3-5(8(9,10)11)12-7(13)16-4/h2-3H,1H3. The third-order valence-corrected chi connectivity index (χ3v) is 2.81. The number of thiazole rings is 1. The Morgan fingerprint density at radius 1 is 1.50 bits per heavy atom. The number of aromatic nitrogens is 2. The molecule has 0 atom stereocenters. The number of imidazole rings is 1. The molecule has 4 nitrogen and oxygen atoms in total. The molecule has 16 heavy (non-hydrogen) atoms. The Labute approximate surface area is 91.3 Å². The lowest BCUT2D eigenvalue weighted by molar-refractivity contribution is -0.140. The highest BCUT2D eigenvalue weighted by Crippen LogP contribution is 2.30. The lowest BCUT2D eigenvalue weighted by Crippen LogP contribution is -2.04. The van der Waals surface area contributed by atoms with E-state index in [2.05, 4.69) is 9.72 Å². The van der Waals surface area contributed by atoms with E-state index in [4.69, 9.17) is 0 Å². The third-order valence-electron chi connectivity index (χ3n) is 1.83. The van der Waals surface area contributed by atoms with Crippen LogP contribution in [0.3, 0.4) is 0 Å². The minimum atomic E-state index is -4.48. The van der Waals surface area contributed by atoms with Crippen molar-refractivity contribution in [3.05, 3.63) is 23.0 Å². The predicted molar refractivity (Wildman–Crippen MR) is 49.4 cm³/mol. The average Bonchev–Trinajstić information content (AvgIpc) is 2.71. The van der Waals surface area contributed by atoms with Crippen molar-refractivity contribution < 1.29 is 22.7 Å². The zero-order valence-corrected chi connectivity index (χ0v) is 8.72. The topological polar surface area (TPSA) is 43.6 Å². The van der Waals surface area contributed by atoms with Gasteiger partial charge in [-0.25, -0.2) is 9.78 Å². The van der Waals surface area contributed by atoms with E-state index in [1.54, 1.807) is 0 Å². The summed E-state index contributed by atoms with van der Waals surface area (Å²) in [5, 5.41) is 0. The molecule has 2 aromatic heterocycles. The molecule has 0 aromatic carbocycles. The minimum Gasteiger partial charge on any atom is -0.465 e. The molecular formula is C8H5F3N2O2S. The predicted octanol–water partition coefficient (Wildman–Crippen LogP) is 2.20. The number of rotatable bonds is 1. The highest BCUT2D eigenvalue weighted by Gasteiger charge is 2.34. The van der Waals surface area contributed by atoms with Crippen molar-refractivity contribution in [1.82, 2.24) is 9.38 Å². The van der Waals surface area contributed by atoms with Crippen LogP contribution in [0, 0.1) is 0 Å². The van der Waals surface area contributed by atoms with E-state index in [0.29, 0.717) is 0 Å². The van der Waals surface area contributed by atoms with Crippen LogP contribution in [0.1, 0.15) is 15.4 Å². The van der Waals surface area contributed by atoms with Crippen LogP contribution in [-0.4, -0.2) is 22.5 Å². The summed E-state index contributed by atoms with van der Waals surface area (Å²) in [5.74, 6) is -0.593. The maximum atomic E-state index is 12.3. The molecule has 86 valence electrons. The zero-order chi connectivity index (χ0) is 11.9. The normalized spacial score (nSPS) is 12.0. The molecule has 2 aromatic rings. The number of carbonyl (C=O) groups excluding carboxylic acids is 1. The first-order chi connectivity index (χ1) is 7.41. The molecule has 2 heterocycles. The number of carbonyl (C=O) groups is 1. The molecule has 0 fully saturated rings. The molecule has 0 aliphatic heterocycles. The molecule has 0 amide bonds. The van der Waals surface area contributed by atoms with E-state index in [-0.39, 0.29) is 9.84 Å². The molecule has 0 radical (unpaired) electrons. The van der Waals surface area contributed by atoms with Gasteiger partial charge in [0, 0.05) is 12.4 Å². The van der Waals surface area contributed by atoms with Crippen LogP contribution < -0.4 is 0 Å². The number of fused-ring (bicyclic) bond motifs is 1. The van der Waals surface area contributed by atoms with Crippen LogP contribution >= 0.6 is 11.3 Å². The molecular weight excluding hydrogens is 245 g/mol. The van der Waals surface area contributed by atoms with Crippen LogP contribution in [0.25, 0.3) is 4.96 Å². The summed E-state index contributed by atoms with van der Waals surface area (Å²) in [7, 11) is 1.20. The second-order valence-corrected chi connectivity index (χ2v) is 3.91. The Bertz CT molecular complexity index is 511. The summed E-state index contributed by atoms with van der Waals surface area (Å²) in [6, 6.07) is 0. The Morgan fingerprint density at radius 3 is 2.69 bits per heavy atom. The number of hydrogen-bond donors (Lipinski definition) is 0. The SMILES string of the molecule is COC(=O)c1cn2cc(C(F)(F)F)nc2s1. The Kier molecular flexibility index (Phi) is 2.38. The first-order valence-corrected chi connectivity index (χ1v) is 4.87. The van der Waals surface area contributed by atoms with Crippen molar-refractivity contribution in [2.45, 2.75) is 6.18 Å². The number of ether oxygens (including phenoxy) is 1. The summed E-state index contributed by atoms with van der Waals surface area (Å²) < 4.78 is 42.4.